The van der Waals surface area contributed by atoms with E-state index in [-0.39, 0.29) is 17.1 Å². The highest BCUT2D eigenvalue weighted by Crippen LogP contribution is 2.36. The van der Waals surface area contributed by atoms with Gasteiger partial charge in [-0.15, -0.1) is 0 Å². The van der Waals surface area contributed by atoms with E-state index in [2.05, 4.69) is 15.1 Å². The van der Waals surface area contributed by atoms with Crippen molar-refractivity contribution in [1.29, 1.82) is 0 Å². The van der Waals surface area contributed by atoms with Crippen LogP contribution in [-0.4, -0.2) is 29.4 Å². The summed E-state index contributed by atoms with van der Waals surface area (Å²) in [4.78, 5) is 8.10. The normalized spacial score (nSPS) is 11.2. The van der Waals surface area contributed by atoms with Crippen LogP contribution in [0.25, 0.3) is 22.2 Å². The third-order valence-corrected chi connectivity index (χ3v) is 5.05. The average molecular weight is 433 g/mol. The minimum atomic E-state index is -0.872. The molecule has 0 aliphatic heterocycles. The molecule has 0 bridgehead atoms. The minimum Gasteiger partial charge on any atom is -0.494 e. The predicted molar refractivity (Wildman–Crippen MR) is 113 cm³/mol. The molecule has 0 radical (unpaired) electrons. The third kappa shape index (κ3) is 3.53. The van der Waals surface area contributed by atoms with Crippen molar-refractivity contribution in [2.45, 2.75) is 6.54 Å². The lowest BCUT2D eigenvalue weighted by atomic mass is 10.1. The number of rotatable bonds is 5. The van der Waals surface area contributed by atoms with Gasteiger partial charge in [-0.1, -0.05) is 30.3 Å². The SMILES string of the molecule is Cn1ccc(-c2ccc(Cn3cc4ncnc(Oc5c(F)cccc5F)c4c3O)cc2)n1. The fraction of sp³-hybridized carbons (Fsp3) is 0.0870. The average Bonchev–Trinajstić information content (AvgIpc) is 3.35. The number of nitrogens with zero attached hydrogens (tertiary/aromatic N) is 5. The molecule has 0 aliphatic rings. The van der Waals surface area contributed by atoms with E-state index in [9.17, 15) is 13.9 Å². The molecule has 3 heterocycles. The van der Waals surface area contributed by atoms with Gasteiger partial charge in [0, 0.05) is 25.0 Å². The zero-order valence-corrected chi connectivity index (χ0v) is 16.9. The van der Waals surface area contributed by atoms with Crippen LogP contribution in [0.4, 0.5) is 8.78 Å². The summed E-state index contributed by atoms with van der Waals surface area (Å²) in [6.45, 7) is 0.345. The molecule has 0 fully saturated rings. The number of benzene rings is 2. The van der Waals surface area contributed by atoms with Gasteiger partial charge in [0.1, 0.15) is 11.7 Å². The highest BCUT2D eigenvalue weighted by molar-refractivity contribution is 5.89. The number of hydrogen-bond donors (Lipinski definition) is 1. The van der Waals surface area contributed by atoms with E-state index >= 15 is 0 Å². The van der Waals surface area contributed by atoms with Crippen LogP contribution < -0.4 is 4.74 Å². The molecule has 2 aromatic carbocycles. The summed E-state index contributed by atoms with van der Waals surface area (Å²) < 4.78 is 36.7. The lowest BCUT2D eigenvalue weighted by Gasteiger charge is -2.08. The first kappa shape index (κ1) is 19.7. The fourth-order valence-corrected chi connectivity index (χ4v) is 3.46. The Bertz CT molecular complexity index is 1410. The molecule has 0 spiro atoms. The molecule has 3 aromatic heterocycles. The van der Waals surface area contributed by atoms with Crippen LogP contribution in [0.2, 0.25) is 0 Å². The quantitative estimate of drug-likeness (QED) is 0.436. The van der Waals surface area contributed by atoms with Gasteiger partial charge in [-0.25, -0.2) is 18.7 Å². The monoisotopic (exact) mass is 433 g/mol. The summed E-state index contributed by atoms with van der Waals surface area (Å²) >= 11 is 0. The Hall–Kier alpha value is -4.27. The molecule has 0 saturated carbocycles. The minimum absolute atomic E-state index is 0.138. The molecule has 5 aromatic rings. The molecule has 160 valence electrons. The smallest absolute Gasteiger partial charge is 0.236 e. The number of ether oxygens (including phenoxy) is 1. The molecular weight excluding hydrogens is 416 g/mol. The van der Waals surface area contributed by atoms with Gasteiger partial charge in [0.15, 0.2) is 11.6 Å². The van der Waals surface area contributed by atoms with Crippen LogP contribution in [0.1, 0.15) is 5.56 Å². The number of fused-ring (bicyclic) bond motifs is 1. The second-order valence-electron chi connectivity index (χ2n) is 7.24. The summed E-state index contributed by atoms with van der Waals surface area (Å²) in [5.41, 5.74) is 3.15. The van der Waals surface area contributed by atoms with Crippen molar-refractivity contribution >= 4 is 10.9 Å². The van der Waals surface area contributed by atoms with Crippen molar-refractivity contribution in [2.24, 2.45) is 7.05 Å². The summed E-state index contributed by atoms with van der Waals surface area (Å²) in [5.74, 6) is -2.64. The molecule has 9 heteroatoms. The summed E-state index contributed by atoms with van der Waals surface area (Å²) in [5, 5.41) is 15.3. The van der Waals surface area contributed by atoms with Crippen molar-refractivity contribution in [3.8, 4) is 28.8 Å². The summed E-state index contributed by atoms with van der Waals surface area (Å²) in [7, 11) is 1.86. The second-order valence-corrected chi connectivity index (χ2v) is 7.24. The van der Waals surface area contributed by atoms with Crippen LogP contribution in [0.15, 0.2) is 67.3 Å². The fourth-order valence-electron chi connectivity index (χ4n) is 3.46. The van der Waals surface area contributed by atoms with E-state index in [1.165, 1.54) is 12.4 Å². The zero-order chi connectivity index (χ0) is 22.2. The molecule has 0 aliphatic carbocycles. The lowest BCUT2D eigenvalue weighted by molar-refractivity contribution is 0.393. The van der Waals surface area contributed by atoms with Crippen molar-refractivity contribution < 1.29 is 18.6 Å². The van der Waals surface area contributed by atoms with Gasteiger partial charge < -0.3 is 14.4 Å². The highest BCUT2D eigenvalue weighted by Gasteiger charge is 2.19. The Morgan fingerprint density at radius 1 is 1.00 bits per heavy atom. The molecule has 7 nitrogen and oxygen atoms in total. The van der Waals surface area contributed by atoms with Crippen LogP contribution in [0.5, 0.6) is 17.5 Å². The van der Waals surface area contributed by atoms with E-state index < -0.39 is 17.4 Å². The maximum Gasteiger partial charge on any atom is 0.236 e. The van der Waals surface area contributed by atoms with Crippen molar-refractivity contribution in [1.82, 2.24) is 24.3 Å². The number of hydrogen-bond acceptors (Lipinski definition) is 5. The molecule has 1 N–H and O–H groups in total. The van der Waals surface area contributed by atoms with E-state index in [4.69, 9.17) is 4.74 Å². The number of aromatic nitrogens is 5. The van der Waals surface area contributed by atoms with Gasteiger partial charge in [0.05, 0.1) is 17.8 Å². The van der Waals surface area contributed by atoms with Gasteiger partial charge >= 0.3 is 0 Å². The second kappa shape index (κ2) is 7.77. The predicted octanol–water partition coefficient (Wildman–Crippen LogP) is 4.66. The van der Waals surface area contributed by atoms with E-state index in [1.807, 2.05) is 43.6 Å². The standard InChI is InChI=1S/C23H17F2N5O2/c1-29-10-9-18(28-29)15-7-5-14(6-8-15)11-30-12-19-20(23(30)31)22(27-13-26-19)32-21-16(24)3-2-4-17(21)25/h2-10,12-13,31H,11H2,1H3. The van der Waals surface area contributed by atoms with Crippen molar-refractivity contribution in [3.63, 3.8) is 0 Å². The topological polar surface area (TPSA) is 78.0 Å². The third-order valence-electron chi connectivity index (χ3n) is 5.05. The molecule has 0 amide bonds. The van der Waals surface area contributed by atoms with E-state index in [0.29, 0.717) is 12.1 Å². The van der Waals surface area contributed by atoms with Crippen LogP contribution in [-0.2, 0) is 13.6 Å². The van der Waals surface area contributed by atoms with Crippen LogP contribution in [0, 0.1) is 11.6 Å². The van der Waals surface area contributed by atoms with Crippen LogP contribution in [0.3, 0.4) is 0 Å². The molecule has 0 unspecified atom stereocenters. The molecule has 5 rings (SSSR count). The Morgan fingerprint density at radius 3 is 2.44 bits per heavy atom. The van der Waals surface area contributed by atoms with Gasteiger partial charge in [0.25, 0.3) is 0 Å². The number of halogens is 2. The number of para-hydroxylation sites is 1. The Balaban J connectivity index is 1.46. The Kier molecular flexibility index (Phi) is 4.78. The van der Waals surface area contributed by atoms with Gasteiger partial charge in [-0.2, -0.15) is 5.10 Å². The van der Waals surface area contributed by atoms with Crippen LogP contribution >= 0.6 is 0 Å². The largest absolute Gasteiger partial charge is 0.494 e. The zero-order valence-electron chi connectivity index (χ0n) is 16.9. The van der Waals surface area contributed by atoms with Crippen molar-refractivity contribution in [3.05, 3.63) is 84.4 Å². The maximum absolute atomic E-state index is 14.0. The Morgan fingerprint density at radius 2 is 1.75 bits per heavy atom. The first-order chi connectivity index (χ1) is 15.5. The summed E-state index contributed by atoms with van der Waals surface area (Å²) in [6, 6.07) is 13.1. The maximum atomic E-state index is 14.0. The van der Waals surface area contributed by atoms with Gasteiger partial charge in [-0.3, -0.25) is 4.68 Å². The van der Waals surface area contributed by atoms with Gasteiger partial charge in [-0.05, 0) is 23.8 Å². The highest BCUT2D eigenvalue weighted by atomic mass is 19.1. The first-order valence-corrected chi connectivity index (χ1v) is 9.73. The molecule has 0 saturated heterocycles. The number of aromatic hydroxyl groups is 1. The van der Waals surface area contributed by atoms with Gasteiger partial charge in [0.2, 0.25) is 17.5 Å². The molecular formula is C23H17F2N5O2. The lowest BCUT2D eigenvalue weighted by Crippen LogP contribution is -1.97. The molecule has 32 heavy (non-hydrogen) atoms. The first-order valence-electron chi connectivity index (χ1n) is 9.73. The van der Waals surface area contributed by atoms with E-state index in [1.54, 1.807) is 15.4 Å². The Labute approximate surface area is 181 Å². The molecule has 0 atom stereocenters. The summed E-state index contributed by atoms with van der Waals surface area (Å²) in [6.07, 6.45) is 4.71. The van der Waals surface area contributed by atoms with Crippen molar-refractivity contribution in [2.75, 3.05) is 0 Å². The number of aryl methyl sites for hydroxylation is 1. The van der Waals surface area contributed by atoms with E-state index in [0.717, 1.165) is 29.0 Å².